The minimum atomic E-state index is -4.80. The third kappa shape index (κ3) is 3.10. The van der Waals surface area contributed by atoms with E-state index in [9.17, 15) is 13.2 Å². The summed E-state index contributed by atoms with van der Waals surface area (Å²) in [7, 11) is 0. The highest BCUT2D eigenvalue weighted by Crippen LogP contribution is 2.34. The van der Waals surface area contributed by atoms with Gasteiger partial charge in [0.2, 0.25) is 0 Å². The molecule has 0 aliphatic rings. The maximum absolute atomic E-state index is 12.6. The number of halogens is 3. The van der Waals surface area contributed by atoms with E-state index in [-0.39, 0.29) is 23.0 Å². The summed E-state index contributed by atoms with van der Waals surface area (Å²) < 4.78 is 41.9. The van der Waals surface area contributed by atoms with Crippen molar-refractivity contribution in [3.05, 3.63) is 48.0 Å². The molecule has 2 N–H and O–H groups in total. The molecule has 0 amide bonds. The highest BCUT2D eigenvalue weighted by atomic mass is 19.4. The fourth-order valence-electron chi connectivity index (χ4n) is 2.51. The van der Waals surface area contributed by atoms with Crippen LogP contribution in [0.4, 0.5) is 19.0 Å². The monoisotopic (exact) mass is 333 g/mol. The first-order chi connectivity index (χ1) is 11.4. The standard InChI is InChI=1S/C17H14F3N3O/c1-2-10-6-5-8-12-14(10)22-16(23-15(12)21)11-7-3-4-9-13(11)24-17(18,19)20/h3-9H,2H2,1H3,(H2,21,22,23). The first kappa shape index (κ1) is 16.0. The Morgan fingerprint density at radius 1 is 1.04 bits per heavy atom. The highest BCUT2D eigenvalue weighted by Gasteiger charge is 2.32. The van der Waals surface area contributed by atoms with Gasteiger partial charge >= 0.3 is 6.36 Å². The molecule has 0 saturated carbocycles. The molecule has 0 radical (unpaired) electrons. The number of anilines is 1. The van der Waals surface area contributed by atoms with Gasteiger partial charge in [0.15, 0.2) is 5.82 Å². The number of nitrogens with two attached hydrogens (primary N) is 1. The molecule has 124 valence electrons. The quantitative estimate of drug-likeness (QED) is 0.774. The van der Waals surface area contributed by atoms with Crippen molar-refractivity contribution in [2.45, 2.75) is 19.7 Å². The summed E-state index contributed by atoms with van der Waals surface area (Å²) in [6.07, 6.45) is -4.08. The first-order valence-corrected chi connectivity index (χ1v) is 7.29. The molecule has 2 aromatic carbocycles. The van der Waals surface area contributed by atoms with Gasteiger partial charge in [0.25, 0.3) is 0 Å². The van der Waals surface area contributed by atoms with Crippen LogP contribution in [0.25, 0.3) is 22.3 Å². The smallest absolute Gasteiger partial charge is 0.405 e. The molecule has 3 aromatic rings. The van der Waals surface area contributed by atoms with E-state index in [2.05, 4.69) is 14.7 Å². The Bertz CT molecular complexity index is 894. The third-order valence-corrected chi connectivity index (χ3v) is 3.57. The SMILES string of the molecule is CCc1cccc2c(N)nc(-c3ccccc3OC(F)(F)F)nc12. The first-order valence-electron chi connectivity index (χ1n) is 7.29. The van der Waals surface area contributed by atoms with Crippen molar-refractivity contribution in [3.8, 4) is 17.1 Å². The summed E-state index contributed by atoms with van der Waals surface area (Å²) in [6.45, 7) is 1.97. The maximum Gasteiger partial charge on any atom is 0.573 e. The summed E-state index contributed by atoms with van der Waals surface area (Å²) in [6, 6.07) is 11.3. The second kappa shape index (κ2) is 5.99. The minimum Gasteiger partial charge on any atom is -0.405 e. The molecule has 1 aromatic heterocycles. The number of rotatable bonds is 3. The highest BCUT2D eigenvalue weighted by molar-refractivity contribution is 5.92. The number of alkyl halides is 3. The van der Waals surface area contributed by atoms with Gasteiger partial charge in [0, 0.05) is 5.39 Å². The predicted octanol–water partition coefficient (Wildman–Crippen LogP) is 4.34. The van der Waals surface area contributed by atoms with Crippen LogP contribution in [-0.2, 0) is 6.42 Å². The summed E-state index contributed by atoms with van der Waals surface area (Å²) in [5.74, 6) is -0.0504. The van der Waals surface area contributed by atoms with E-state index >= 15 is 0 Å². The molecule has 0 aliphatic heterocycles. The number of hydrogen-bond donors (Lipinski definition) is 1. The van der Waals surface area contributed by atoms with Gasteiger partial charge in [-0.3, -0.25) is 0 Å². The van der Waals surface area contributed by atoms with Crippen molar-refractivity contribution < 1.29 is 17.9 Å². The largest absolute Gasteiger partial charge is 0.573 e. The van der Waals surface area contributed by atoms with Gasteiger partial charge in [-0.15, -0.1) is 13.2 Å². The summed E-state index contributed by atoms with van der Waals surface area (Å²) in [5, 5.41) is 0.673. The molecule has 0 fully saturated rings. The molecule has 0 unspecified atom stereocenters. The molecule has 0 aliphatic carbocycles. The lowest BCUT2D eigenvalue weighted by Crippen LogP contribution is -2.17. The Morgan fingerprint density at radius 2 is 1.79 bits per heavy atom. The van der Waals surface area contributed by atoms with Crippen molar-refractivity contribution >= 4 is 16.7 Å². The molecule has 0 spiro atoms. The molecule has 0 bridgehead atoms. The molecule has 4 nitrogen and oxygen atoms in total. The van der Waals surface area contributed by atoms with Gasteiger partial charge in [0.05, 0.1) is 11.1 Å². The Morgan fingerprint density at radius 3 is 2.50 bits per heavy atom. The van der Waals surface area contributed by atoms with Gasteiger partial charge in [-0.05, 0) is 30.2 Å². The lowest BCUT2D eigenvalue weighted by molar-refractivity contribution is -0.274. The third-order valence-electron chi connectivity index (χ3n) is 3.57. The number of ether oxygens (including phenoxy) is 1. The van der Waals surface area contributed by atoms with Crippen LogP contribution in [0.1, 0.15) is 12.5 Å². The van der Waals surface area contributed by atoms with E-state index in [0.29, 0.717) is 17.3 Å². The zero-order valence-corrected chi connectivity index (χ0v) is 12.8. The maximum atomic E-state index is 12.6. The Kier molecular flexibility index (Phi) is 4.01. The van der Waals surface area contributed by atoms with Crippen molar-refractivity contribution in [1.29, 1.82) is 0 Å². The topological polar surface area (TPSA) is 61.0 Å². The summed E-state index contributed by atoms with van der Waals surface area (Å²) >= 11 is 0. The number of nitrogen functional groups attached to an aromatic ring is 1. The van der Waals surface area contributed by atoms with Crippen molar-refractivity contribution in [3.63, 3.8) is 0 Å². The second-order valence-electron chi connectivity index (χ2n) is 5.14. The number of nitrogens with zero attached hydrogens (tertiary/aromatic N) is 2. The molecule has 7 heteroatoms. The van der Waals surface area contributed by atoms with E-state index in [1.54, 1.807) is 12.1 Å². The molecule has 24 heavy (non-hydrogen) atoms. The fraction of sp³-hybridized carbons (Fsp3) is 0.176. The Labute approximate surface area is 136 Å². The van der Waals surface area contributed by atoms with Crippen molar-refractivity contribution in [2.75, 3.05) is 5.73 Å². The van der Waals surface area contributed by atoms with E-state index < -0.39 is 6.36 Å². The van der Waals surface area contributed by atoms with Crippen LogP contribution in [0.2, 0.25) is 0 Å². The number of fused-ring (bicyclic) bond motifs is 1. The van der Waals surface area contributed by atoms with Crippen molar-refractivity contribution in [1.82, 2.24) is 9.97 Å². The average Bonchev–Trinajstić information content (AvgIpc) is 2.53. The van der Waals surface area contributed by atoms with Crippen LogP contribution in [-0.4, -0.2) is 16.3 Å². The zero-order chi connectivity index (χ0) is 17.3. The van der Waals surface area contributed by atoms with Crippen LogP contribution in [0, 0.1) is 0 Å². The molecular formula is C17H14F3N3O. The summed E-state index contributed by atoms with van der Waals surface area (Å²) in [5.41, 5.74) is 7.69. The summed E-state index contributed by atoms with van der Waals surface area (Å²) in [4.78, 5) is 8.59. The van der Waals surface area contributed by atoms with Gasteiger partial charge in [-0.2, -0.15) is 0 Å². The lowest BCUT2D eigenvalue weighted by atomic mass is 10.1. The van der Waals surface area contributed by atoms with Crippen LogP contribution < -0.4 is 10.5 Å². The number of hydrogen-bond acceptors (Lipinski definition) is 4. The average molecular weight is 333 g/mol. The van der Waals surface area contributed by atoms with Gasteiger partial charge in [-0.25, -0.2) is 9.97 Å². The normalized spacial score (nSPS) is 11.7. The minimum absolute atomic E-state index is 0.0979. The fourth-order valence-corrected chi connectivity index (χ4v) is 2.51. The number of para-hydroxylation sites is 2. The van der Waals surface area contributed by atoms with Gasteiger partial charge in [0.1, 0.15) is 11.6 Å². The van der Waals surface area contributed by atoms with Crippen LogP contribution in [0.15, 0.2) is 42.5 Å². The van der Waals surface area contributed by atoms with Gasteiger partial charge < -0.3 is 10.5 Å². The molecule has 0 atom stereocenters. The van der Waals surface area contributed by atoms with Crippen molar-refractivity contribution in [2.24, 2.45) is 0 Å². The zero-order valence-electron chi connectivity index (χ0n) is 12.8. The number of aryl methyl sites for hydroxylation is 1. The molecular weight excluding hydrogens is 319 g/mol. The Balaban J connectivity index is 2.21. The van der Waals surface area contributed by atoms with Crippen LogP contribution in [0.5, 0.6) is 5.75 Å². The van der Waals surface area contributed by atoms with E-state index in [1.807, 2.05) is 19.1 Å². The van der Waals surface area contributed by atoms with Crippen LogP contribution in [0.3, 0.4) is 0 Å². The van der Waals surface area contributed by atoms with E-state index in [0.717, 1.165) is 5.56 Å². The van der Waals surface area contributed by atoms with E-state index in [1.165, 1.54) is 18.2 Å². The van der Waals surface area contributed by atoms with E-state index in [4.69, 9.17) is 5.73 Å². The Hall–Kier alpha value is -2.83. The predicted molar refractivity (Wildman–Crippen MR) is 85.4 cm³/mol. The number of aromatic nitrogens is 2. The van der Waals surface area contributed by atoms with Gasteiger partial charge in [-0.1, -0.05) is 31.2 Å². The number of benzene rings is 2. The molecule has 0 saturated heterocycles. The molecule has 3 rings (SSSR count). The lowest BCUT2D eigenvalue weighted by Gasteiger charge is -2.13. The molecule has 1 heterocycles. The van der Waals surface area contributed by atoms with Crippen LogP contribution >= 0.6 is 0 Å². The second-order valence-corrected chi connectivity index (χ2v) is 5.14.